The van der Waals surface area contributed by atoms with Crippen molar-refractivity contribution in [2.75, 3.05) is 0 Å². The van der Waals surface area contributed by atoms with Gasteiger partial charge in [0.25, 0.3) is 0 Å². The molecule has 7 heteroatoms. The van der Waals surface area contributed by atoms with Crippen LogP contribution in [0.25, 0.3) is 5.65 Å². The molecule has 0 saturated carbocycles. The van der Waals surface area contributed by atoms with Gasteiger partial charge in [-0.3, -0.25) is 0 Å². The van der Waals surface area contributed by atoms with Crippen molar-refractivity contribution < 1.29 is 15.0 Å². The van der Waals surface area contributed by atoms with Gasteiger partial charge in [0.2, 0.25) is 5.88 Å². The van der Waals surface area contributed by atoms with E-state index < -0.39 is 5.97 Å². The van der Waals surface area contributed by atoms with Crippen LogP contribution in [-0.2, 0) is 0 Å². The first-order valence-electron chi connectivity index (χ1n) is 3.56. The lowest BCUT2D eigenvalue weighted by Crippen LogP contribution is -2.02. The molecule has 2 heterocycles. The zero-order valence-corrected chi connectivity index (χ0v) is 8.26. The smallest absolute Gasteiger partial charge is 0.354 e. The first kappa shape index (κ1) is 8.95. The summed E-state index contributed by atoms with van der Waals surface area (Å²) in [5.41, 5.74) is 0.0525. The second-order valence-electron chi connectivity index (χ2n) is 2.54. The van der Waals surface area contributed by atoms with Gasteiger partial charge in [-0.2, -0.15) is 9.61 Å². The predicted molar refractivity (Wildman–Crippen MR) is 49.3 cm³/mol. The highest BCUT2D eigenvalue weighted by molar-refractivity contribution is 9.10. The van der Waals surface area contributed by atoms with Crippen LogP contribution in [0.3, 0.4) is 0 Å². The number of hydrogen-bond donors (Lipinski definition) is 2. The van der Waals surface area contributed by atoms with E-state index in [0.717, 1.165) is 10.6 Å². The van der Waals surface area contributed by atoms with Gasteiger partial charge in [0, 0.05) is 12.1 Å². The zero-order valence-electron chi connectivity index (χ0n) is 6.68. The molecule has 0 bridgehead atoms. The maximum absolute atomic E-state index is 10.6. The standard InChI is InChI=1S/C7H4BrN3O3/c8-4-2-5-9-3(7(13)14)1-6(12)11(5)10-4/h1-2,12H,(H,13,14). The Morgan fingerprint density at radius 1 is 1.50 bits per heavy atom. The fraction of sp³-hybridized carbons (Fsp3) is 0. The minimum absolute atomic E-state index is 0.220. The fourth-order valence-corrected chi connectivity index (χ4v) is 1.40. The number of carbonyl (C=O) groups is 1. The molecule has 2 aromatic rings. The Morgan fingerprint density at radius 3 is 2.86 bits per heavy atom. The summed E-state index contributed by atoms with van der Waals surface area (Å²) in [6.45, 7) is 0. The van der Waals surface area contributed by atoms with E-state index in [4.69, 9.17) is 5.11 Å². The minimum Gasteiger partial charge on any atom is -0.493 e. The van der Waals surface area contributed by atoms with Crippen LogP contribution in [-0.4, -0.2) is 30.8 Å². The van der Waals surface area contributed by atoms with Gasteiger partial charge in [0.1, 0.15) is 4.60 Å². The molecule has 0 aromatic carbocycles. The van der Waals surface area contributed by atoms with Crippen molar-refractivity contribution in [3.8, 4) is 5.88 Å². The molecule has 2 N–H and O–H groups in total. The van der Waals surface area contributed by atoms with Crippen LogP contribution in [0.5, 0.6) is 5.88 Å². The fourth-order valence-electron chi connectivity index (χ4n) is 1.04. The van der Waals surface area contributed by atoms with Gasteiger partial charge < -0.3 is 10.2 Å². The molecule has 0 aliphatic carbocycles. The largest absolute Gasteiger partial charge is 0.493 e. The summed E-state index contributed by atoms with van der Waals surface area (Å²) < 4.78 is 1.61. The normalized spacial score (nSPS) is 10.6. The van der Waals surface area contributed by atoms with Gasteiger partial charge in [0.15, 0.2) is 11.3 Å². The van der Waals surface area contributed by atoms with Crippen LogP contribution >= 0.6 is 15.9 Å². The first-order valence-corrected chi connectivity index (χ1v) is 4.36. The Bertz CT molecular complexity index is 522. The number of hydrogen-bond acceptors (Lipinski definition) is 4. The summed E-state index contributed by atoms with van der Waals surface area (Å²) in [5.74, 6) is -1.46. The summed E-state index contributed by atoms with van der Waals surface area (Å²) in [4.78, 5) is 14.4. The van der Waals surface area contributed by atoms with Crippen LogP contribution in [0, 0.1) is 0 Å². The Balaban J connectivity index is 2.77. The number of aromatic nitrogens is 3. The van der Waals surface area contributed by atoms with E-state index in [-0.39, 0.29) is 17.2 Å². The maximum Gasteiger partial charge on any atom is 0.354 e. The van der Waals surface area contributed by atoms with E-state index in [2.05, 4.69) is 26.0 Å². The molecule has 0 atom stereocenters. The van der Waals surface area contributed by atoms with Gasteiger partial charge in [0.05, 0.1) is 0 Å². The van der Waals surface area contributed by atoms with Crippen LogP contribution in [0.1, 0.15) is 10.5 Å². The highest BCUT2D eigenvalue weighted by atomic mass is 79.9. The molecule has 2 rings (SSSR count). The summed E-state index contributed by atoms with van der Waals surface area (Å²) in [6, 6.07) is 2.54. The monoisotopic (exact) mass is 257 g/mol. The van der Waals surface area contributed by atoms with Crippen molar-refractivity contribution in [2.45, 2.75) is 0 Å². The number of carboxylic acids is 1. The Hall–Kier alpha value is -1.63. The van der Waals surface area contributed by atoms with E-state index in [1.165, 1.54) is 6.07 Å². The van der Waals surface area contributed by atoms with Gasteiger partial charge in [-0.15, -0.1) is 0 Å². The summed E-state index contributed by atoms with van der Waals surface area (Å²) in [7, 11) is 0. The van der Waals surface area contributed by atoms with E-state index in [1.807, 2.05) is 0 Å². The lowest BCUT2D eigenvalue weighted by atomic mass is 10.4. The molecule has 0 fully saturated rings. The van der Waals surface area contributed by atoms with Crippen LogP contribution < -0.4 is 0 Å². The summed E-state index contributed by atoms with van der Waals surface area (Å²) in [6.07, 6.45) is 0. The average Bonchev–Trinajstić information content (AvgIpc) is 2.45. The molecule has 0 aliphatic rings. The summed E-state index contributed by atoms with van der Waals surface area (Å²) >= 11 is 3.09. The SMILES string of the molecule is O=C(O)c1cc(O)n2nc(Br)cc2n1. The van der Waals surface area contributed by atoms with Crippen LogP contribution in [0.4, 0.5) is 0 Å². The highest BCUT2D eigenvalue weighted by Gasteiger charge is 2.11. The van der Waals surface area contributed by atoms with Gasteiger partial charge in [-0.25, -0.2) is 9.78 Å². The highest BCUT2D eigenvalue weighted by Crippen LogP contribution is 2.17. The van der Waals surface area contributed by atoms with E-state index >= 15 is 0 Å². The summed E-state index contributed by atoms with van der Waals surface area (Å²) in [5, 5.41) is 21.9. The third-order valence-electron chi connectivity index (χ3n) is 1.60. The molecule has 0 unspecified atom stereocenters. The van der Waals surface area contributed by atoms with Gasteiger partial charge in [-0.1, -0.05) is 0 Å². The van der Waals surface area contributed by atoms with Gasteiger partial charge >= 0.3 is 5.97 Å². The molecule has 0 saturated heterocycles. The lowest BCUT2D eigenvalue weighted by Gasteiger charge is -1.98. The Labute approximate surface area is 85.9 Å². The molecule has 2 aromatic heterocycles. The van der Waals surface area contributed by atoms with Crippen LogP contribution in [0.15, 0.2) is 16.7 Å². The van der Waals surface area contributed by atoms with E-state index in [0.29, 0.717) is 4.60 Å². The number of aromatic hydroxyl groups is 1. The molecular formula is C7H4BrN3O3. The molecule has 6 nitrogen and oxygen atoms in total. The number of fused-ring (bicyclic) bond motifs is 1. The molecule has 14 heavy (non-hydrogen) atoms. The molecule has 0 amide bonds. The predicted octanol–water partition coefficient (Wildman–Crippen LogP) is 0.896. The second-order valence-corrected chi connectivity index (χ2v) is 3.35. The van der Waals surface area contributed by atoms with Crippen molar-refractivity contribution in [3.05, 3.63) is 22.4 Å². The van der Waals surface area contributed by atoms with Gasteiger partial charge in [-0.05, 0) is 15.9 Å². The quantitative estimate of drug-likeness (QED) is 0.793. The molecule has 72 valence electrons. The Kier molecular flexibility index (Phi) is 1.88. The minimum atomic E-state index is -1.19. The van der Waals surface area contributed by atoms with Crippen molar-refractivity contribution in [1.29, 1.82) is 0 Å². The van der Waals surface area contributed by atoms with Crippen LogP contribution in [0.2, 0.25) is 0 Å². The Morgan fingerprint density at radius 2 is 2.21 bits per heavy atom. The third-order valence-corrected chi connectivity index (χ3v) is 1.99. The van der Waals surface area contributed by atoms with Crippen molar-refractivity contribution >= 4 is 27.5 Å². The molecule has 0 radical (unpaired) electrons. The average molecular weight is 258 g/mol. The lowest BCUT2D eigenvalue weighted by molar-refractivity contribution is 0.0690. The zero-order chi connectivity index (χ0) is 10.3. The topological polar surface area (TPSA) is 87.7 Å². The van der Waals surface area contributed by atoms with Crippen molar-refractivity contribution in [1.82, 2.24) is 14.6 Å². The number of carboxylic acid groups (broad SMARTS) is 1. The molecule has 0 spiro atoms. The third kappa shape index (κ3) is 1.31. The second kappa shape index (κ2) is 2.95. The first-order chi connectivity index (χ1) is 6.58. The van der Waals surface area contributed by atoms with Crippen molar-refractivity contribution in [3.63, 3.8) is 0 Å². The number of rotatable bonds is 1. The van der Waals surface area contributed by atoms with E-state index in [1.54, 1.807) is 0 Å². The number of halogens is 1. The maximum atomic E-state index is 10.6. The number of aromatic carboxylic acids is 1. The van der Waals surface area contributed by atoms with E-state index in [9.17, 15) is 9.90 Å². The number of nitrogens with zero attached hydrogens (tertiary/aromatic N) is 3. The van der Waals surface area contributed by atoms with Crippen molar-refractivity contribution in [2.24, 2.45) is 0 Å². The molecule has 0 aliphatic heterocycles. The molecular weight excluding hydrogens is 254 g/mol.